The Labute approximate surface area is 217 Å². The van der Waals surface area contributed by atoms with Crippen LogP contribution in [0.15, 0.2) is 30.3 Å². The summed E-state index contributed by atoms with van der Waals surface area (Å²) in [5, 5.41) is 13.9. The Morgan fingerprint density at radius 3 is 2.59 bits per heavy atom. The molecule has 1 saturated heterocycles. The number of fused-ring (bicyclic) bond motifs is 1. The van der Waals surface area contributed by atoms with Crippen molar-refractivity contribution in [3.8, 4) is 5.75 Å². The predicted molar refractivity (Wildman–Crippen MR) is 134 cm³/mol. The number of alkyl halides is 2. The largest absolute Gasteiger partial charge is 0.490 e. The lowest BCUT2D eigenvalue weighted by molar-refractivity contribution is -0.170. The van der Waals surface area contributed by atoms with Gasteiger partial charge in [-0.1, -0.05) is 23.7 Å². The van der Waals surface area contributed by atoms with Gasteiger partial charge in [0.15, 0.2) is 0 Å². The van der Waals surface area contributed by atoms with Crippen molar-refractivity contribution >= 4 is 28.3 Å². The first-order valence-corrected chi connectivity index (χ1v) is 12.2. The zero-order valence-corrected chi connectivity index (χ0v) is 21.7. The first kappa shape index (κ1) is 27.4. The van der Waals surface area contributed by atoms with E-state index in [1.165, 1.54) is 12.1 Å². The smallest absolute Gasteiger partial charge is 0.303 e. The molecule has 1 aliphatic rings. The summed E-state index contributed by atoms with van der Waals surface area (Å²) in [6.07, 6.45) is 0.0756. The molecule has 0 spiro atoms. The van der Waals surface area contributed by atoms with Crippen molar-refractivity contribution in [1.82, 2.24) is 9.97 Å². The van der Waals surface area contributed by atoms with Gasteiger partial charge in [-0.2, -0.15) is 8.78 Å². The third-order valence-electron chi connectivity index (χ3n) is 6.12. The molecule has 3 aromatic rings. The van der Waals surface area contributed by atoms with Gasteiger partial charge in [-0.05, 0) is 45.9 Å². The topological polar surface area (TPSA) is 85.7 Å². The number of halogens is 4. The summed E-state index contributed by atoms with van der Waals surface area (Å²) in [5.74, 6) is -3.72. The number of ether oxygens (including phenoxy) is 3. The highest BCUT2D eigenvalue weighted by atomic mass is 35.5. The van der Waals surface area contributed by atoms with Crippen molar-refractivity contribution in [2.24, 2.45) is 0 Å². The number of aromatic nitrogens is 2. The minimum absolute atomic E-state index is 0.00611. The molecule has 11 heteroatoms. The lowest BCUT2D eigenvalue weighted by Gasteiger charge is -2.30. The van der Waals surface area contributed by atoms with E-state index in [9.17, 15) is 13.9 Å². The molecular weight excluding hydrogens is 511 g/mol. The third kappa shape index (κ3) is 5.77. The molecule has 2 aromatic carbocycles. The summed E-state index contributed by atoms with van der Waals surface area (Å²) >= 11 is 6.40. The molecule has 1 fully saturated rings. The molecule has 2 N–H and O–H groups in total. The molecule has 0 bridgehead atoms. The van der Waals surface area contributed by atoms with Crippen LogP contribution in [-0.4, -0.2) is 53.2 Å². The molecule has 0 radical (unpaired) electrons. The standard InChI is InChI=1S/C26H29ClF3N3O4/c1-14(17-6-5-7-19(23(17)28)26(29,30)25(3,4)34)31-24-18-10-22(37-9-8-36-16-12-35-13-16)20(27)11-21(18)32-15(2)33-24/h5-7,10-11,14,16,34H,8-9,12-13H2,1-4H3,(H,31,32,33)/t14-/m1/s1. The number of aliphatic hydroxyl groups is 1. The van der Waals surface area contributed by atoms with Gasteiger partial charge in [0.25, 0.3) is 0 Å². The van der Waals surface area contributed by atoms with E-state index in [2.05, 4.69) is 15.3 Å². The fourth-order valence-corrected chi connectivity index (χ4v) is 4.10. The summed E-state index contributed by atoms with van der Waals surface area (Å²) in [6, 6.07) is 6.27. The zero-order chi connectivity index (χ0) is 27.0. The monoisotopic (exact) mass is 539 g/mol. The molecule has 1 atom stereocenters. The molecule has 37 heavy (non-hydrogen) atoms. The molecule has 0 aliphatic carbocycles. The van der Waals surface area contributed by atoms with Gasteiger partial charge in [0.2, 0.25) is 0 Å². The number of rotatable bonds is 10. The maximum atomic E-state index is 15.3. The van der Waals surface area contributed by atoms with Crippen molar-refractivity contribution < 1.29 is 32.5 Å². The molecule has 0 saturated carbocycles. The summed E-state index contributed by atoms with van der Waals surface area (Å²) in [5.41, 5.74) is -2.80. The minimum atomic E-state index is -3.80. The van der Waals surface area contributed by atoms with Gasteiger partial charge < -0.3 is 24.6 Å². The van der Waals surface area contributed by atoms with Crippen LogP contribution in [-0.2, 0) is 15.4 Å². The number of nitrogens with zero attached hydrogens (tertiary/aromatic N) is 2. The van der Waals surface area contributed by atoms with Crippen LogP contribution < -0.4 is 10.1 Å². The zero-order valence-electron chi connectivity index (χ0n) is 20.9. The van der Waals surface area contributed by atoms with Crippen LogP contribution >= 0.6 is 11.6 Å². The first-order valence-electron chi connectivity index (χ1n) is 11.8. The predicted octanol–water partition coefficient (Wildman–Crippen LogP) is 5.56. The van der Waals surface area contributed by atoms with Gasteiger partial charge in [-0.3, -0.25) is 0 Å². The number of hydrogen-bond acceptors (Lipinski definition) is 7. The molecule has 2 heterocycles. The molecule has 1 aromatic heterocycles. The van der Waals surface area contributed by atoms with Gasteiger partial charge in [-0.25, -0.2) is 14.4 Å². The fourth-order valence-electron chi connectivity index (χ4n) is 3.88. The van der Waals surface area contributed by atoms with Crippen LogP contribution in [0, 0.1) is 12.7 Å². The van der Waals surface area contributed by atoms with E-state index in [1.807, 2.05) is 0 Å². The maximum absolute atomic E-state index is 15.3. The molecule has 0 amide bonds. The Kier molecular flexibility index (Phi) is 7.85. The van der Waals surface area contributed by atoms with Crippen LogP contribution in [0.2, 0.25) is 5.02 Å². The fraction of sp³-hybridized carbons (Fsp3) is 0.462. The van der Waals surface area contributed by atoms with E-state index < -0.39 is 28.9 Å². The molecule has 1 aliphatic heterocycles. The second kappa shape index (κ2) is 10.6. The first-order chi connectivity index (χ1) is 17.4. The Morgan fingerprint density at radius 2 is 1.95 bits per heavy atom. The van der Waals surface area contributed by atoms with Gasteiger partial charge in [-0.15, -0.1) is 0 Å². The number of benzene rings is 2. The second-order valence-corrected chi connectivity index (χ2v) is 9.91. The van der Waals surface area contributed by atoms with E-state index in [4.69, 9.17) is 25.8 Å². The van der Waals surface area contributed by atoms with Crippen molar-refractivity contribution in [2.75, 3.05) is 31.7 Å². The maximum Gasteiger partial charge on any atom is 0.303 e. The number of anilines is 1. The molecule has 200 valence electrons. The SMILES string of the molecule is Cc1nc(N[C@H](C)c2cccc(C(F)(F)C(C)(C)O)c2F)c2cc(OCCOC3COC3)c(Cl)cc2n1. The summed E-state index contributed by atoms with van der Waals surface area (Å²) < 4.78 is 61.3. The Morgan fingerprint density at radius 1 is 1.22 bits per heavy atom. The summed E-state index contributed by atoms with van der Waals surface area (Å²) in [7, 11) is 0. The lowest BCUT2D eigenvalue weighted by atomic mass is 9.91. The van der Waals surface area contributed by atoms with Crippen molar-refractivity contribution in [1.29, 1.82) is 0 Å². The van der Waals surface area contributed by atoms with E-state index in [-0.39, 0.29) is 18.3 Å². The van der Waals surface area contributed by atoms with Gasteiger partial charge in [0, 0.05) is 10.9 Å². The van der Waals surface area contributed by atoms with E-state index in [0.717, 1.165) is 19.9 Å². The highest BCUT2D eigenvalue weighted by Gasteiger charge is 2.49. The Bertz CT molecular complexity index is 1280. The van der Waals surface area contributed by atoms with Gasteiger partial charge in [0.1, 0.15) is 41.5 Å². The average Bonchev–Trinajstić information content (AvgIpc) is 2.77. The Hall–Kier alpha value is -2.66. The highest BCUT2D eigenvalue weighted by Crippen LogP contribution is 2.41. The highest BCUT2D eigenvalue weighted by molar-refractivity contribution is 6.32. The van der Waals surface area contributed by atoms with Crippen molar-refractivity contribution in [3.63, 3.8) is 0 Å². The molecular formula is C26H29ClF3N3O4. The van der Waals surface area contributed by atoms with Crippen LogP contribution in [0.1, 0.15) is 43.8 Å². The van der Waals surface area contributed by atoms with Gasteiger partial charge >= 0.3 is 5.92 Å². The number of nitrogens with one attached hydrogen (secondary N) is 1. The lowest BCUT2D eigenvalue weighted by Crippen LogP contribution is -2.41. The second-order valence-electron chi connectivity index (χ2n) is 9.51. The third-order valence-corrected chi connectivity index (χ3v) is 6.41. The number of aryl methyl sites for hydroxylation is 1. The summed E-state index contributed by atoms with van der Waals surface area (Å²) in [4.78, 5) is 8.86. The number of hydrogen-bond donors (Lipinski definition) is 2. The van der Waals surface area contributed by atoms with E-state index in [1.54, 1.807) is 26.0 Å². The van der Waals surface area contributed by atoms with Crippen LogP contribution in [0.3, 0.4) is 0 Å². The van der Waals surface area contributed by atoms with Crippen molar-refractivity contribution in [2.45, 2.75) is 51.4 Å². The minimum Gasteiger partial charge on any atom is -0.490 e. The average molecular weight is 540 g/mol. The molecule has 0 unspecified atom stereocenters. The Balaban J connectivity index is 1.60. The molecule has 7 nitrogen and oxygen atoms in total. The van der Waals surface area contributed by atoms with E-state index >= 15 is 4.39 Å². The molecule has 4 rings (SSSR count). The van der Waals surface area contributed by atoms with Crippen LogP contribution in [0.5, 0.6) is 5.75 Å². The quantitative estimate of drug-likeness (QED) is 0.326. The van der Waals surface area contributed by atoms with Crippen LogP contribution in [0.25, 0.3) is 10.9 Å². The van der Waals surface area contributed by atoms with Crippen molar-refractivity contribution in [3.05, 3.63) is 58.1 Å². The van der Waals surface area contributed by atoms with Crippen LogP contribution in [0.4, 0.5) is 19.0 Å². The normalized spacial score (nSPS) is 15.5. The van der Waals surface area contributed by atoms with Gasteiger partial charge in [0.05, 0.1) is 42.0 Å². The summed E-state index contributed by atoms with van der Waals surface area (Å²) in [6.45, 7) is 6.97. The van der Waals surface area contributed by atoms with E-state index in [0.29, 0.717) is 53.1 Å².